The average molecular weight is 443 g/mol. The van der Waals surface area contributed by atoms with E-state index in [1.54, 1.807) is 21.3 Å². The van der Waals surface area contributed by atoms with E-state index in [1.807, 2.05) is 12.4 Å². The van der Waals surface area contributed by atoms with E-state index >= 15 is 0 Å². The van der Waals surface area contributed by atoms with Gasteiger partial charge >= 0.3 is 9.53 Å². The Hall–Kier alpha value is -0.693. The SMILES string of the molecule is CCCCCCCCCCCCCCCCCc1nccn1C.CO[SiH](OC)OC. The van der Waals surface area contributed by atoms with Crippen molar-refractivity contribution in [3.8, 4) is 0 Å². The van der Waals surface area contributed by atoms with Gasteiger partial charge in [-0.25, -0.2) is 4.98 Å². The molecule has 0 fully saturated rings. The summed E-state index contributed by atoms with van der Waals surface area (Å²) in [5.74, 6) is 1.24. The third-order valence-electron chi connectivity index (χ3n) is 5.50. The fourth-order valence-electron chi connectivity index (χ4n) is 3.58. The first-order chi connectivity index (χ1) is 14.7. The topological polar surface area (TPSA) is 45.5 Å². The fraction of sp³-hybridized carbons (Fsp3) is 0.875. The maximum absolute atomic E-state index is 4.74. The van der Waals surface area contributed by atoms with Crippen molar-refractivity contribution in [3.63, 3.8) is 0 Å². The lowest BCUT2D eigenvalue weighted by molar-refractivity contribution is 0.163. The number of hydrogen-bond acceptors (Lipinski definition) is 4. The van der Waals surface area contributed by atoms with Gasteiger partial charge in [-0.05, 0) is 6.42 Å². The van der Waals surface area contributed by atoms with Crippen LogP contribution in [0.2, 0.25) is 0 Å². The molecule has 0 aliphatic heterocycles. The average Bonchev–Trinajstić information content (AvgIpc) is 3.17. The second-order valence-electron chi connectivity index (χ2n) is 8.15. The standard InChI is InChI=1S/C21H40N2.C3H10O3Si/c1-3-4-5-6-7-8-9-10-11-12-13-14-15-16-17-18-21-22-19-20-23(21)2;1-4-7(5-2)6-3/h19-20H,3-18H2,1-2H3;7H,1-3H3. The van der Waals surface area contributed by atoms with Crippen molar-refractivity contribution in [2.45, 2.75) is 110 Å². The van der Waals surface area contributed by atoms with Crippen molar-refractivity contribution in [2.75, 3.05) is 21.3 Å². The van der Waals surface area contributed by atoms with E-state index in [0.717, 1.165) is 6.42 Å². The second-order valence-corrected chi connectivity index (χ2v) is 10.1. The van der Waals surface area contributed by atoms with Crippen LogP contribution in [0.25, 0.3) is 0 Å². The van der Waals surface area contributed by atoms with Crippen LogP contribution in [-0.4, -0.2) is 40.4 Å². The third kappa shape index (κ3) is 18.1. The van der Waals surface area contributed by atoms with Gasteiger partial charge in [-0.3, -0.25) is 0 Å². The molecule has 1 rings (SSSR count). The summed E-state index contributed by atoms with van der Waals surface area (Å²) >= 11 is 0. The highest BCUT2D eigenvalue weighted by Gasteiger charge is 2.05. The van der Waals surface area contributed by atoms with E-state index in [2.05, 4.69) is 23.5 Å². The highest BCUT2D eigenvalue weighted by Crippen LogP contribution is 2.13. The van der Waals surface area contributed by atoms with Gasteiger partial charge in [-0.1, -0.05) is 96.8 Å². The van der Waals surface area contributed by atoms with E-state index in [4.69, 9.17) is 13.3 Å². The van der Waals surface area contributed by atoms with Crippen molar-refractivity contribution >= 4 is 9.53 Å². The number of imidazole rings is 1. The van der Waals surface area contributed by atoms with Gasteiger partial charge < -0.3 is 17.8 Å². The van der Waals surface area contributed by atoms with Crippen molar-refractivity contribution in [1.82, 2.24) is 9.55 Å². The zero-order valence-electron chi connectivity index (χ0n) is 20.7. The van der Waals surface area contributed by atoms with Crippen molar-refractivity contribution in [2.24, 2.45) is 7.05 Å². The third-order valence-corrected chi connectivity index (χ3v) is 6.66. The van der Waals surface area contributed by atoms with Gasteiger partial charge in [-0.2, -0.15) is 0 Å². The Kier molecular flexibility index (Phi) is 22.4. The summed E-state index contributed by atoms with van der Waals surface area (Å²) in [5.41, 5.74) is 0. The quantitative estimate of drug-likeness (QED) is 0.182. The highest BCUT2D eigenvalue weighted by atomic mass is 28.3. The zero-order valence-corrected chi connectivity index (χ0v) is 21.8. The smallest absolute Gasteiger partial charge is 0.379 e. The lowest BCUT2D eigenvalue weighted by Crippen LogP contribution is -2.21. The molecule has 0 spiro atoms. The molecule has 0 aliphatic carbocycles. The zero-order chi connectivity index (χ0) is 22.3. The van der Waals surface area contributed by atoms with Crippen molar-refractivity contribution in [1.29, 1.82) is 0 Å². The van der Waals surface area contributed by atoms with Crippen LogP contribution in [0.1, 0.15) is 109 Å². The Morgan fingerprint density at radius 1 is 0.700 bits per heavy atom. The normalized spacial score (nSPS) is 11.0. The van der Waals surface area contributed by atoms with Crippen LogP contribution in [0.5, 0.6) is 0 Å². The lowest BCUT2D eigenvalue weighted by atomic mass is 10.0. The molecule has 178 valence electrons. The maximum atomic E-state index is 4.74. The molecule has 0 aliphatic rings. The van der Waals surface area contributed by atoms with E-state index in [0.29, 0.717) is 0 Å². The second kappa shape index (κ2) is 23.0. The molecule has 1 aromatic rings. The van der Waals surface area contributed by atoms with Crippen LogP contribution in [0, 0.1) is 0 Å². The van der Waals surface area contributed by atoms with E-state index in [-0.39, 0.29) is 0 Å². The van der Waals surface area contributed by atoms with Crippen molar-refractivity contribution < 1.29 is 13.3 Å². The van der Waals surface area contributed by atoms with E-state index < -0.39 is 9.53 Å². The summed E-state index contributed by atoms with van der Waals surface area (Å²) < 4.78 is 16.4. The van der Waals surface area contributed by atoms with E-state index in [1.165, 1.54) is 102 Å². The number of rotatable bonds is 19. The number of hydrogen-bond donors (Lipinski definition) is 0. The molecule has 0 atom stereocenters. The predicted octanol–water partition coefficient (Wildman–Crippen LogP) is 6.48. The first-order valence-corrected chi connectivity index (χ1v) is 13.7. The van der Waals surface area contributed by atoms with Gasteiger partial charge in [0.05, 0.1) is 0 Å². The van der Waals surface area contributed by atoms with Gasteiger partial charge in [0, 0.05) is 47.2 Å². The van der Waals surface area contributed by atoms with Gasteiger partial charge in [-0.15, -0.1) is 0 Å². The summed E-state index contributed by atoms with van der Waals surface area (Å²) in [5, 5.41) is 0. The summed E-state index contributed by atoms with van der Waals surface area (Å²) in [7, 11) is 5.14. The minimum absolute atomic E-state index is 1.14. The molecule has 6 heteroatoms. The molecule has 0 radical (unpaired) electrons. The Morgan fingerprint density at radius 3 is 1.40 bits per heavy atom. The van der Waals surface area contributed by atoms with E-state index in [9.17, 15) is 0 Å². The van der Waals surface area contributed by atoms with Crippen LogP contribution >= 0.6 is 0 Å². The molecule has 0 bridgehead atoms. The summed E-state index contributed by atoms with van der Waals surface area (Å²) in [6, 6.07) is 0. The van der Waals surface area contributed by atoms with Crippen molar-refractivity contribution in [3.05, 3.63) is 18.2 Å². The van der Waals surface area contributed by atoms with Gasteiger partial charge in [0.1, 0.15) is 5.82 Å². The Labute approximate surface area is 188 Å². The Morgan fingerprint density at radius 2 is 1.10 bits per heavy atom. The molecule has 0 aromatic carbocycles. The number of nitrogens with zero attached hydrogens (tertiary/aromatic N) is 2. The number of aromatic nitrogens is 2. The minimum Gasteiger partial charge on any atom is -0.379 e. The fourth-order valence-corrected chi connectivity index (χ4v) is 4.16. The molecule has 0 amide bonds. The first-order valence-electron chi connectivity index (χ1n) is 12.2. The first kappa shape index (κ1) is 29.3. The van der Waals surface area contributed by atoms with Gasteiger partial charge in [0.15, 0.2) is 0 Å². The molecular formula is C24H50N2O3Si. The van der Waals surface area contributed by atoms with Gasteiger partial charge in [0.25, 0.3) is 0 Å². The van der Waals surface area contributed by atoms with Gasteiger partial charge in [0.2, 0.25) is 0 Å². The van der Waals surface area contributed by atoms with Crippen LogP contribution in [0.4, 0.5) is 0 Å². The van der Waals surface area contributed by atoms with Crippen LogP contribution in [-0.2, 0) is 26.7 Å². The van der Waals surface area contributed by atoms with Crippen LogP contribution in [0.15, 0.2) is 12.4 Å². The number of aryl methyl sites for hydroxylation is 2. The Bertz CT molecular complexity index is 448. The molecule has 5 nitrogen and oxygen atoms in total. The molecule has 0 N–H and O–H groups in total. The summed E-state index contributed by atoms with van der Waals surface area (Å²) in [6.07, 6.45) is 26.5. The maximum Gasteiger partial charge on any atom is 0.483 e. The summed E-state index contributed by atoms with van der Waals surface area (Å²) in [4.78, 5) is 4.38. The molecule has 0 unspecified atom stereocenters. The predicted molar refractivity (Wildman–Crippen MR) is 130 cm³/mol. The molecule has 30 heavy (non-hydrogen) atoms. The summed E-state index contributed by atoms with van der Waals surface area (Å²) in [6.45, 7) is 2.29. The molecule has 1 aromatic heterocycles. The lowest BCUT2D eigenvalue weighted by Gasteiger charge is -2.05. The minimum atomic E-state index is -1.67. The molecule has 1 heterocycles. The molecule has 0 saturated heterocycles. The Balaban J connectivity index is 0.00000103. The molecule has 0 saturated carbocycles. The van der Waals surface area contributed by atoms with Crippen LogP contribution in [0.3, 0.4) is 0 Å². The largest absolute Gasteiger partial charge is 0.483 e. The number of unbranched alkanes of at least 4 members (excludes halogenated alkanes) is 14. The molecular weight excluding hydrogens is 392 g/mol. The monoisotopic (exact) mass is 442 g/mol. The van der Waals surface area contributed by atoms with Crippen LogP contribution < -0.4 is 0 Å². The highest BCUT2D eigenvalue weighted by molar-refractivity contribution is 6.36.